The number of rotatable bonds is 2. The molecule has 1 fully saturated rings. The summed E-state index contributed by atoms with van der Waals surface area (Å²) < 4.78 is 22.5. The highest BCUT2D eigenvalue weighted by atomic mass is 16.7. The molecule has 0 radical (unpaired) electrons. The molecule has 0 amide bonds. The summed E-state index contributed by atoms with van der Waals surface area (Å²) in [6.45, 7) is 4.12. The van der Waals surface area contributed by atoms with Crippen molar-refractivity contribution in [2.24, 2.45) is 11.3 Å². The van der Waals surface area contributed by atoms with Crippen LogP contribution in [0, 0.1) is 11.3 Å². The average molecular weight is 396 g/mol. The Morgan fingerprint density at radius 2 is 1.76 bits per heavy atom. The van der Waals surface area contributed by atoms with Crippen LogP contribution in [-0.4, -0.2) is 30.6 Å². The third kappa shape index (κ3) is 2.85. The quantitative estimate of drug-likeness (QED) is 0.835. The molecule has 3 atom stereocenters. The summed E-state index contributed by atoms with van der Waals surface area (Å²) in [6, 6.07) is 11.3. The lowest BCUT2D eigenvalue weighted by molar-refractivity contribution is -0.222. The molecular weight excluding hydrogens is 372 g/mol. The highest BCUT2D eigenvalue weighted by Crippen LogP contribution is 2.57. The third-order valence-electron chi connectivity index (χ3n) is 6.15. The number of methoxy groups -OCH3 is 1. The third-order valence-corrected chi connectivity index (χ3v) is 6.15. The molecular formula is C23H24O6. The lowest BCUT2D eigenvalue weighted by Gasteiger charge is -2.51. The number of Topliss-reactive ketones (excluding diaryl/α,β-unsaturated/α-hetero) is 1. The SMILES string of the molecule is COc1ccc([C@@H]2c3cc4c(cc3OC3(O)CC(C)(C)CC(=O)[C@@H]23)OCO4)cc1. The summed E-state index contributed by atoms with van der Waals surface area (Å²) in [7, 11) is 1.62. The minimum Gasteiger partial charge on any atom is -0.497 e. The number of carbonyl (C=O) groups excluding carboxylic acids is 1. The van der Waals surface area contributed by atoms with Gasteiger partial charge in [-0.3, -0.25) is 4.79 Å². The first-order valence-electron chi connectivity index (χ1n) is 9.81. The second-order valence-corrected chi connectivity index (χ2v) is 8.90. The molecule has 0 bridgehead atoms. The zero-order valence-corrected chi connectivity index (χ0v) is 16.7. The summed E-state index contributed by atoms with van der Waals surface area (Å²) in [6.07, 6.45) is 0.771. The lowest BCUT2D eigenvalue weighted by Crippen LogP contribution is -2.58. The standard InChI is InChI=1S/C23H24O6/c1-22(2)10-16(24)21-20(13-4-6-14(26-3)7-5-13)15-8-18-19(28-12-27-18)9-17(15)29-23(21,25)11-22/h4-9,20-21,25H,10-12H2,1-3H3/t20-,21+,23?/m1/s1. The van der Waals surface area contributed by atoms with Crippen molar-refractivity contribution < 1.29 is 28.8 Å². The van der Waals surface area contributed by atoms with Gasteiger partial charge in [0.25, 0.3) is 0 Å². The number of carbonyl (C=O) groups is 1. The Balaban J connectivity index is 1.70. The molecule has 1 saturated carbocycles. The Morgan fingerprint density at radius 3 is 2.45 bits per heavy atom. The normalized spacial score (nSPS) is 28.9. The molecule has 1 N–H and O–H groups in total. The molecule has 0 spiro atoms. The van der Waals surface area contributed by atoms with Crippen LogP contribution in [0.2, 0.25) is 0 Å². The van der Waals surface area contributed by atoms with Crippen molar-refractivity contribution in [3.63, 3.8) is 0 Å². The van der Waals surface area contributed by atoms with Crippen molar-refractivity contribution in [2.45, 2.75) is 38.4 Å². The van der Waals surface area contributed by atoms with E-state index in [1.54, 1.807) is 13.2 Å². The summed E-state index contributed by atoms with van der Waals surface area (Å²) in [5, 5.41) is 11.6. The molecule has 2 aromatic carbocycles. The fourth-order valence-electron chi connectivity index (χ4n) is 5.06. The van der Waals surface area contributed by atoms with Crippen molar-refractivity contribution in [3.05, 3.63) is 47.5 Å². The van der Waals surface area contributed by atoms with E-state index in [0.29, 0.717) is 30.1 Å². The van der Waals surface area contributed by atoms with Gasteiger partial charge in [0.15, 0.2) is 11.5 Å². The predicted octanol–water partition coefficient (Wildman–Crippen LogP) is 3.64. The zero-order chi connectivity index (χ0) is 20.4. The molecule has 1 aliphatic carbocycles. The molecule has 0 saturated heterocycles. The Labute approximate surface area is 169 Å². The highest BCUT2D eigenvalue weighted by Gasteiger charge is 2.58. The Hall–Kier alpha value is -2.73. The summed E-state index contributed by atoms with van der Waals surface area (Å²) in [5.41, 5.74) is 1.40. The first-order chi connectivity index (χ1) is 13.8. The van der Waals surface area contributed by atoms with Gasteiger partial charge in [0, 0.05) is 30.4 Å². The van der Waals surface area contributed by atoms with Gasteiger partial charge in [0.05, 0.1) is 13.0 Å². The van der Waals surface area contributed by atoms with Gasteiger partial charge in [0.1, 0.15) is 17.3 Å². The fraction of sp³-hybridized carbons (Fsp3) is 0.435. The van der Waals surface area contributed by atoms with E-state index >= 15 is 0 Å². The van der Waals surface area contributed by atoms with Gasteiger partial charge in [-0.05, 0) is 29.2 Å². The molecule has 5 rings (SSSR count). The van der Waals surface area contributed by atoms with Gasteiger partial charge in [-0.1, -0.05) is 26.0 Å². The molecule has 6 heteroatoms. The number of fused-ring (bicyclic) bond motifs is 3. The van der Waals surface area contributed by atoms with E-state index in [-0.39, 0.29) is 23.9 Å². The van der Waals surface area contributed by atoms with Crippen LogP contribution in [0.15, 0.2) is 36.4 Å². The molecule has 2 aliphatic heterocycles. The van der Waals surface area contributed by atoms with Gasteiger partial charge in [0.2, 0.25) is 12.6 Å². The van der Waals surface area contributed by atoms with Gasteiger partial charge in [-0.2, -0.15) is 0 Å². The van der Waals surface area contributed by atoms with Crippen LogP contribution in [0.25, 0.3) is 0 Å². The van der Waals surface area contributed by atoms with Crippen molar-refractivity contribution >= 4 is 5.78 Å². The predicted molar refractivity (Wildman–Crippen MR) is 104 cm³/mol. The molecule has 0 aromatic heterocycles. The molecule has 29 heavy (non-hydrogen) atoms. The maximum atomic E-state index is 13.3. The van der Waals surface area contributed by atoms with Crippen LogP contribution in [0.5, 0.6) is 23.0 Å². The number of hydrogen-bond donors (Lipinski definition) is 1. The first kappa shape index (κ1) is 18.3. The summed E-state index contributed by atoms with van der Waals surface area (Å²) in [4.78, 5) is 13.3. The van der Waals surface area contributed by atoms with E-state index in [4.69, 9.17) is 18.9 Å². The van der Waals surface area contributed by atoms with Gasteiger partial charge in [-0.25, -0.2) is 0 Å². The van der Waals surface area contributed by atoms with Gasteiger partial charge >= 0.3 is 0 Å². The van der Waals surface area contributed by atoms with E-state index in [0.717, 1.165) is 16.9 Å². The topological polar surface area (TPSA) is 74.2 Å². The van der Waals surface area contributed by atoms with Crippen LogP contribution in [-0.2, 0) is 4.79 Å². The molecule has 2 heterocycles. The van der Waals surface area contributed by atoms with Crippen molar-refractivity contribution in [2.75, 3.05) is 13.9 Å². The van der Waals surface area contributed by atoms with Gasteiger partial charge < -0.3 is 24.1 Å². The maximum Gasteiger partial charge on any atom is 0.231 e. The average Bonchev–Trinajstić information content (AvgIpc) is 3.10. The van der Waals surface area contributed by atoms with Gasteiger partial charge in [-0.15, -0.1) is 0 Å². The van der Waals surface area contributed by atoms with E-state index in [2.05, 4.69) is 0 Å². The smallest absolute Gasteiger partial charge is 0.231 e. The largest absolute Gasteiger partial charge is 0.497 e. The molecule has 1 unspecified atom stereocenters. The Kier molecular flexibility index (Phi) is 3.87. The fourth-order valence-corrected chi connectivity index (χ4v) is 5.06. The van der Waals surface area contributed by atoms with E-state index < -0.39 is 11.7 Å². The molecule has 152 valence electrons. The van der Waals surface area contributed by atoms with Crippen molar-refractivity contribution in [1.29, 1.82) is 0 Å². The second kappa shape index (κ2) is 6.13. The molecule has 6 nitrogen and oxygen atoms in total. The Bertz CT molecular complexity index is 980. The van der Waals surface area contributed by atoms with Crippen molar-refractivity contribution in [1.82, 2.24) is 0 Å². The number of aliphatic hydroxyl groups is 1. The second-order valence-electron chi connectivity index (χ2n) is 8.90. The van der Waals surface area contributed by atoms with E-state index in [9.17, 15) is 9.90 Å². The number of ketones is 1. The summed E-state index contributed by atoms with van der Waals surface area (Å²) in [5.74, 6) is -0.153. The van der Waals surface area contributed by atoms with Crippen LogP contribution in [0.1, 0.15) is 43.7 Å². The highest BCUT2D eigenvalue weighted by molar-refractivity contribution is 5.86. The summed E-state index contributed by atoms with van der Waals surface area (Å²) >= 11 is 0. The number of hydrogen-bond acceptors (Lipinski definition) is 6. The number of ether oxygens (including phenoxy) is 4. The van der Waals surface area contributed by atoms with Crippen LogP contribution in [0.3, 0.4) is 0 Å². The van der Waals surface area contributed by atoms with Crippen LogP contribution >= 0.6 is 0 Å². The number of benzene rings is 2. The van der Waals surface area contributed by atoms with E-state index in [1.165, 1.54) is 0 Å². The zero-order valence-electron chi connectivity index (χ0n) is 16.7. The van der Waals surface area contributed by atoms with Crippen LogP contribution in [0.4, 0.5) is 0 Å². The van der Waals surface area contributed by atoms with E-state index in [1.807, 2.05) is 44.2 Å². The minimum absolute atomic E-state index is 0.00730. The first-order valence-corrected chi connectivity index (χ1v) is 9.81. The maximum absolute atomic E-state index is 13.3. The van der Waals surface area contributed by atoms with Crippen molar-refractivity contribution in [3.8, 4) is 23.0 Å². The minimum atomic E-state index is -1.58. The monoisotopic (exact) mass is 396 g/mol. The lowest BCUT2D eigenvalue weighted by atomic mass is 9.61. The molecule has 3 aliphatic rings. The molecule has 2 aromatic rings. The van der Waals surface area contributed by atoms with Crippen LogP contribution < -0.4 is 18.9 Å². The Morgan fingerprint density at radius 1 is 1.07 bits per heavy atom.